The Kier molecular flexibility index (Phi) is 4.72. The number of carbonyl (C=O) groups excluding carboxylic acids is 2. The standard InChI is InChI=1S/C22H19N3O4/c1-13-9-10-23-18-17(13)21(28-14(2)26)20-19(22(18)29-15(3)27)24-12-25(20)11-16-7-5-4-6-8-16/h4-10,12H,11H2,1-3H3. The van der Waals surface area contributed by atoms with Crippen molar-refractivity contribution >= 4 is 33.9 Å². The molecule has 0 unspecified atom stereocenters. The molecule has 4 rings (SSSR count). The highest BCUT2D eigenvalue weighted by atomic mass is 16.5. The largest absolute Gasteiger partial charge is 0.424 e. The predicted molar refractivity (Wildman–Crippen MR) is 108 cm³/mol. The van der Waals surface area contributed by atoms with Gasteiger partial charge in [-0.25, -0.2) is 4.98 Å². The van der Waals surface area contributed by atoms with Crippen molar-refractivity contribution in [3.63, 3.8) is 0 Å². The van der Waals surface area contributed by atoms with E-state index in [4.69, 9.17) is 9.47 Å². The first-order valence-corrected chi connectivity index (χ1v) is 9.12. The number of esters is 2. The van der Waals surface area contributed by atoms with E-state index in [0.29, 0.717) is 34.2 Å². The van der Waals surface area contributed by atoms with E-state index >= 15 is 0 Å². The fourth-order valence-corrected chi connectivity index (χ4v) is 3.42. The van der Waals surface area contributed by atoms with Crippen LogP contribution in [0.3, 0.4) is 0 Å². The highest BCUT2D eigenvalue weighted by Gasteiger charge is 2.24. The molecule has 4 aromatic rings. The Morgan fingerprint density at radius 1 is 0.931 bits per heavy atom. The molecule has 2 heterocycles. The van der Waals surface area contributed by atoms with E-state index in [1.165, 1.54) is 13.8 Å². The Bertz CT molecular complexity index is 1250. The van der Waals surface area contributed by atoms with Crippen molar-refractivity contribution in [3.8, 4) is 11.5 Å². The molecule has 146 valence electrons. The van der Waals surface area contributed by atoms with E-state index in [0.717, 1.165) is 11.1 Å². The average molecular weight is 389 g/mol. The quantitative estimate of drug-likeness (QED) is 0.390. The molecular formula is C22H19N3O4. The number of imidazole rings is 1. The number of aryl methyl sites for hydroxylation is 1. The summed E-state index contributed by atoms with van der Waals surface area (Å²) in [5.74, 6) is -0.316. The molecule has 0 amide bonds. The minimum absolute atomic E-state index is 0.258. The van der Waals surface area contributed by atoms with Crippen molar-refractivity contribution in [1.29, 1.82) is 0 Å². The molecule has 0 aliphatic rings. The van der Waals surface area contributed by atoms with E-state index in [9.17, 15) is 9.59 Å². The zero-order chi connectivity index (χ0) is 20.5. The Hall–Kier alpha value is -3.74. The van der Waals surface area contributed by atoms with Gasteiger partial charge in [-0.05, 0) is 24.1 Å². The summed E-state index contributed by atoms with van der Waals surface area (Å²) >= 11 is 0. The molecule has 7 heteroatoms. The SMILES string of the molecule is CC(=O)Oc1c2nccc(C)c2c(OC(C)=O)c2c1ncn2Cc1ccccc1. The first-order valence-electron chi connectivity index (χ1n) is 9.12. The van der Waals surface area contributed by atoms with E-state index in [2.05, 4.69) is 9.97 Å². The molecule has 2 aromatic heterocycles. The van der Waals surface area contributed by atoms with E-state index in [-0.39, 0.29) is 5.75 Å². The molecule has 0 spiro atoms. The molecule has 0 fully saturated rings. The zero-order valence-electron chi connectivity index (χ0n) is 16.3. The van der Waals surface area contributed by atoms with E-state index in [1.807, 2.05) is 47.9 Å². The third-order valence-corrected chi connectivity index (χ3v) is 4.56. The van der Waals surface area contributed by atoms with Crippen molar-refractivity contribution in [2.24, 2.45) is 0 Å². The monoisotopic (exact) mass is 389 g/mol. The van der Waals surface area contributed by atoms with Gasteiger partial charge in [0.1, 0.15) is 16.6 Å². The Labute approximate surface area is 166 Å². The fraction of sp³-hybridized carbons (Fsp3) is 0.182. The summed E-state index contributed by atoms with van der Waals surface area (Å²) in [5.41, 5.74) is 3.31. The number of aromatic nitrogens is 3. The zero-order valence-corrected chi connectivity index (χ0v) is 16.3. The summed E-state index contributed by atoms with van der Waals surface area (Å²) in [6, 6.07) is 11.7. The molecule has 0 atom stereocenters. The normalized spacial score (nSPS) is 11.0. The molecule has 2 aromatic carbocycles. The van der Waals surface area contributed by atoms with Crippen molar-refractivity contribution in [2.75, 3.05) is 0 Å². The minimum atomic E-state index is -0.478. The second-order valence-corrected chi connectivity index (χ2v) is 6.75. The second kappa shape index (κ2) is 7.35. The molecule has 0 bridgehead atoms. The molecule has 29 heavy (non-hydrogen) atoms. The number of fused-ring (bicyclic) bond motifs is 2. The van der Waals surface area contributed by atoms with Gasteiger partial charge in [0.2, 0.25) is 0 Å². The van der Waals surface area contributed by atoms with Crippen LogP contribution in [-0.2, 0) is 16.1 Å². The van der Waals surface area contributed by atoms with Crippen molar-refractivity contribution < 1.29 is 19.1 Å². The van der Waals surface area contributed by atoms with Gasteiger partial charge in [-0.3, -0.25) is 14.6 Å². The molecule has 7 nitrogen and oxygen atoms in total. The van der Waals surface area contributed by atoms with E-state index in [1.54, 1.807) is 12.5 Å². The van der Waals surface area contributed by atoms with Gasteiger partial charge in [0.05, 0.1) is 11.7 Å². The summed E-state index contributed by atoms with van der Waals surface area (Å²) in [6.07, 6.45) is 3.26. The maximum Gasteiger partial charge on any atom is 0.308 e. The smallest absolute Gasteiger partial charge is 0.308 e. The maximum atomic E-state index is 11.9. The van der Waals surface area contributed by atoms with Crippen LogP contribution in [0.15, 0.2) is 48.9 Å². The van der Waals surface area contributed by atoms with Crippen LogP contribution in [0.2, 0.25) is 0 Å². The van der Waals surface area contributed by atoms with Gasteiger partial charge < -0.3 is 14.0 Å². The van der Waals surface area contributed by atoms with Crippen molar-refractivity contribution in [2.45, 2.75) is 27.3 Å². The highest BCUT2D eigenvalue weighted by molar-refractivity contribution is 6.09. The molecular weight excluding hydrogens is 370 g/mol. The molecule has 0 N–H and O–H groups in total. The lowest BCUT2D eigenvalue weighted by molar-refractivity contribution is -0.132. The van der Waals surface area contributed by atoms with Gasteiger partial charge in [0.25, 0.3) is 0 Å². The van der Waals surface area contributed by atoms with Gasteiger partial charge in [-0.2, -0.15) is 0 Å². The number of pyridine rings is 1. The number of rotatable bonds is 4. The number of benzene rings is 2. The third-order valence-electron chi connectivity index (χ3n) is 4.56. The van der Waals surface area contributed by atoms with Gasteiger partial charge in [0.15, 0.2) is 11.5 Å². The lowest BCUT2D eigenvalue weighted by atomic mass is 10.1. The van der Waals surface area contributed by atoms with Crippen LogP contribution in [0, 0.1) is 6.92 Å². The summed E-state index contributed by atoms with van der Waals surface area (Å²) < 4.78 is 13.0. The molecule has 0 saturated carbocycles. The van der Waals surface area contributed by atoms with Gasteiger partial charge in [-0.1, -0.05) is 30.3 Å². The molecule has 0 radical (unpaired) electrons. The first kappa shape index (κ1) is 18.6. The van der Waals surface area contributed by atoms with Crippen LogP contribution in [0.5, 0.6) is 11.5 Å². The number of carbonyl (C=O) groups is 2. The number of hydrogen-bond donors (Lipinski definition) is 0. The van der Waals surface area contributed by atoms with Crippen LogP contribution in [-0.4, -0.2) is 26.5 Å². The predicted octanol–water partition coefficient (Wildman–Crippen LogP) is 3.79. The van der Waals surface area contributed by atoms with Crippen LogP contribution in [0.4, 0.5) is 0 Å². The number of ether oxygens (including phenoxy) is 2. The summed E-state index contributed by atoms with van der Waals surface area (Å²) in [6.45, 7) is 5.07. The van der Waals surface area contributed by atoms with Crippen LogP contribution in [0.25, 0.3) is 21.9 Å². The molecule has 0 aliphatic heterocycles. The summed E-state index contributed by atoms with van der Waals surface area (Å²) in [5, 5.41) is 0.612. The minimum Gasteiger partial charge on any atom is -0.424 e. The molecule has 0 saturated heterocycles. The van der Waals surface area contributed by atoms with Crippen LogP contribution < -0.4 is 9.47 Å². The Morgan fingerprint density at radius 2 is 1.62 bits per heavy atom. The lowest BCUT2D eigenvalue weighted by Crippen LogP contribution is -2.08. The Morgan fingerprint density at radius 3 is 2.31 bits per heavy atom. The number of hydrogen-bond acceptors (Lipinski definition) is 6. The number of nitrogens with zero attached hydrogens (tertiary/aromatic N) is 3. The Balaban J connectivity index is 2.08. The van der Waals surface area contributed by atoms with Crippen molar-refractivity contribution in [3.05, 3.63) is 60.0 Å². The van der Waals surface area contributed by atoms with Crippen LogP contribution in [0.1, 0.15) is 25.0 Å². The first-order chi connectivity index (χ1) is 14.0. The summed E-state index contributed by atoms with van der Waals surface area (Å²) in [7, 11) is 0. The van der Waals surface area contributed by atoms with Gasteiger partial charge in [-0.15, -0.1) is 0 Å². The van der Waals surface area contributed by atoms with Gasteiger partial charge >= 0.3 is 11.9 Å². The summed E-state index contributed by atoms with van der Waals surface area (Å²) in [4.78, 5) is 32.5. The average Bonchev–Trinajstić information content (AvgIpc) is 3.08. The second-order valence-electron chi connectivity index (χ2n) is 6.75. The molecule has 0 aliphatic carbocycles. The van der Waals surface area contributed by atoms with Crippen LogP contribution >= 0.6 is 0 Å². The lowest BCUT2D eigenvalue weighted by Gasteiger charge is -2.15. The van der Waals surface area contributed by atoms with E-state index < -0.39 is 11.9 Å². The highest BCUT2D eigenvalue weighted by Crippen LogP contribution is 2.43. The van der Waals surface area contributed by atoms with Gasteiger partial charge in [0, 0.05) is 26.6 Å². The third kappa shape index (κ3) is 3.42. The van der Waals surface area contributed by atoms with Crippen molar-refractivity contribution in [1.82, 2.24) is 14.5 Å². The topological polar surface area (TPSA) is 83.3 Å². The fourth-order valence-electron chi connectivity index (χ4n) is 3.42. The maximum absolute atomic E-state index is 11.9.